The molecule has 0 saturated carbocycles. The first-order valence-corrected chi connectivity index (χ1v) is 6.88. The molecule has 0 fully saturated rings. The van der Waals surface area contributed by atoms with Crippen molar-refractivity contribution in [3.63, 3.8) is 0 Å². The van der Waals surface area contributed by atoms with Crippen LogP contribution in [-0.2, 0) is 12.7 Å². The fraction of sp³-hybridized carbons (Fsp3) is 0.143. The zero-order chi connectivity index (χ0) is 14.8. The van der Waals surface area contributed by atoms with Crippen LogP contribution < -0.4 is 5.32 Å². The molecule has 0 aliphatic heterocycles. The van der Waals surface area contributed by atoms with E-state index >= 15 is 0 Å². The van der Waals surface area contributed by atoms with E-state index in [0.29, 0.717) is 6.54 Å². The van der Waals surface area contributed by atoms with Crippen LogP contribution >= 0.6 is 27.5 Å². The number of hydrogen-bond donors (Lipinski definition) is 1. The Balaban J connectivity index is 2.17. The molecule has 0 saturated heterocycles. The van der Waals surface area contributed by atoms with E-state index in [1.165, 1.54) is 6.07 Å². The van der Waals surface area contributed by atoms with Crippen molar-refractivity contribution in [2.75, 3.05) is 5.32 Å². The summed E-state index contributed by atoms with van der Waals surface area (Å²) in [5, 5.41) is 3.17. The molecular weight excluding hydrogens is 355 g/mol. The van der Waals surface area contributed by atoms with Crippen LogP contribution in [-0.4, -0.2) is 0 Å². The Morgan fingerprint density at radius 3 is 2.50 bits per heavy atom. The lowest BCUT2D eigenvalue weighted by Crippen LogP contribution is -2.07. The van der Waals surface area contributed by atoms with Gasteiger partial charge in [-0.25, -0.2) is 0 Å². The van der Waals surface area contributed by atoms with Crippen LogP contribution in [0.3, 0.4) is 0 Å². The lowest BCUT2D eigenvalue weighted by molar-refractivity contribution is -0.137. The van der Waals surface area contributed by atoms with Gasteiger partial charge in [-0.15, -0.1) is 0 Å². The number of alkyl halides is 3. The summed E-state index contributed by atoms with van der Waals surface area (Å²) in [6.45, 7) is 0.389. The molecule has 106 valence electrons. The van der Waals surface area contributed by atoms with Crippen LogP contribution in [0, 0.1) is 0 Å². The molecule has 0 aromatic heterocycles. The minimum absolute atomic E-state index is 0.257. The molecule has 6 heteroatoms. The van der Waals surface area contributed by atoms with Gasteiger partial charge in [0.1, 0.15) is 0 Å². The van der Waals surface area contributed by atoms with Gasteiger partial charge < -0.3 is 5.32 Å². The predicted molar refractivity (Wildman–Crippen MR) is 77.9 cm³/mol. The first kappa shape index (κ1) is 15.2. The number of hydrogen-bond acceptors (Lipinski definition) is 1. The summed E-state index contributed by atoms with van der Waals surface area (Å²) >= 11 is 9.24. The molecule has 0 aliphatic carbocycles. The van der Waals surface area contributed by atoms with Gasteiger partial charge in [0.05, 0.1) is 16.3 Å². The zero-order valence-corrected chi connectivity index (χ0v) is 12.5. The maximum atomic E-state index is 12.6. The third-order valence-electron chi connectivity index (χ3n) is 2.67. The third-order valence-corrected chi connectivity index (χ3v) is 3.49. The molecule has 0 spiro atoms. The van der Waals surface area contributed by atoms with E-state index in [-0.39, 0.29) is 10.7 Å². The van der Waals surface area contributed by atoms with Crippen molar-refractivity contribution in [2.24, 2.45) is 0 Å². The van der Waals surface area contributed by atoms with E-state index in [9.17, 15) is 13.2 Å². The number of halogens is 5. The quantitative estimate of drug-likeness (QED) is 0.733. The smallest absolute Gasteiger partial charge is 0.380 e. The number of rotatable bonds is 3. The van der Waals surface area contributed by atoms with Gasteiger partial charge in [-0.1, -0.05) is 39.7 Å². The predicted octanol–water partition coefficient (Wildman–Crippen LogP) is 5.73. The second-order valence-electron chi connectivity index (χ2n) is 4.18. The topological polar surface area (TPSA) is 12.0 Å². The Hall–Kier alpha value is -1.20. The maximum Gasteiger partial charge on any atom is 0.416 e. The van der Waals surface area contributed by atoms with Crippen molar-refractivity contribution >= 4 is 33.2 Å². The molecule has 2 aromatic carbocycles. The summed E-state index contributed by atoms with van der Waals surface area (Å²) in [6, 6.07) is 10.7. The average molecular weight is 365 g/mol. The fourth-order valence-corrected chi connectivity index (χ4v) is 2.31. The van der Waals surface area contributed by atoms with Gasteiger partial charge in [-0.05, 0) is 35.9 Å². The maximum absolute atomic E-state index is 12.6. The van der Waals surface area contributed by atoms with Gasteiger partial charge in [0.15, 0.2) is 0 Å². The number of benzene rings is 2. The van der Waals surface area contributed by atoms with Crippen LogP contribution in [0.2, 0.25) is 5.02 Å². The van der Waals surface area contributed by atoms with Crippen molar-refractivity contribution < 1.29 is 13.2 Å². The minimum Gasteiger partial charge on any atom is -0.380 e. The summed E-state index contributed by atoms with van der Waals surface area (Å²) in [4.78, 5) is 0. The molecular formula is C14H10BrClF3N. The van der Waals surface area contributed by atoms with E-state index in [1.807, 2.05) is 24.3 Å². The third kappa shape index (κ3) is 3.90. The molecule has 2 aromatic rings. The van der Waals surface area contributed by atoms with Crippen LogP contribution in [0.15, 0.2) is 46.9 Å². The minimum atomic E-state index is -4.38. The van der Waals surface area contributed by atoms with Crippen molar-refractivity contribution in [1.82, 2.24) is 0 Å². The van der Waals surface area contributed by atoms with Crippen molar-refractivity contribution in [3.8, 4) is 0 Å². The van der Waals surface area contributed by atoms with Crippen molar-refractivity contribution in [3.05, 3.63) is 63.1 Å². The van der Waals surface area contributed by atoms with Crippen LogP contribution in [0.25, 0.3) is 0 Å². The fourth-order valence-electron chi connectivity index (χ4n) is 1.68. The Morgan fingerprint density at radius 2 is 1.85 bits per heavy atom. The van der Waals surface area contributed by atoms with Gasteiger partial charge in [-0.3, -0.25) is 0 Å². The van der Waals surface area contributed by atoms with Crippen LogP contribution in [0.1, 0.15) is 11.1 Å². The second-order valence-corrected chi connectivity index (χ2v) is 5.50. The molecule has 0 amide bonds. The average Bonchev–Trinajstić information content (AvgIpc) is 2.36. The molecule has 0 atom stereocenters. The summed E-state index contributed by atoms with van der Waals surface area (Å²) in [6.07, 6.45) is -4.38. The molecule has 0 bridgehead atoms. The first-order valence-electron chi connectivity index (χ1n) is 5.71. The van der Waals surface area contributed by atoms with Gasteiger partial charge in [0.25, 0.3) is 0 Å². The Bertz CT molecular complexity index is 614. The van der Waals surface area contributed by atoms with E-state index < -0.39 is 11.7 Å². The summed E-state index contributed by atoms with van der Waals surface area (Å²) in [5.41, 5.74) is 0.480. The molecule has 0 radical (unpaired) electrons. The molecule has 0 aliphatic rings. The first-order chi connectivity index (χ1) is 9.36. The molecule has 0 unspecified atom stereocenters. The Labute approximate surface area is 127 Å². The highest BCUT2D eigenvalue weighted by atomic mass is 79.9. The van der Waals surface area contributed by atoms with E-state index in [0.717, 1.165) is 22.2 Å². The normalized spacial score (nSPS) is 11.4. The molecule has 0 heterocycles. The summed E-state index contributed by atoms with van der Waals surface area (Å²) in [7, 11) is 0. The lowest BCUT2D eigenvalue weighted by Gasteiger charge is -2.12. The standard InChI is InChI=1S/C14H10BrClF3N/c15-11-3-1-2-9(6-11)8-20-13-7-10(14(17,18)19)4-5-12(13)16/h1-7,20H,8H2. The van der Waals surface area contributed by atoms with Gasteiger partial charge in [-0.2, -0.15) is 13.2 Å². The molecule has 20 heavy (non-hydrogen) atoms. The number of nitrogens with one attached hydrogen (secondary N) is 1. The van der Waals surface area contributed by atoms with Gasteiger partial charge in [0, 0.05) is 11.0 Å². The summed E-state index contributed by atoms with van der Waals surface area (Å²) in [5.74, 6) is 0. The highest BCUT2D eigenvalue weighted by Gasteiger charge is 2.30. The summed E-state index contributed by atoms with van der Waals surface area (Å²) < 4.78 is 38.8. The van der Waals surface area contributed by atoms with Gasteiger partial charge >= 0.3 is 6.18 Å². The van der Waals surface area contributed by atoms with E-state index in [4.69, 9.17) is 11.6 Å². The SMILES string of the molecule is FC(F)(F)c1ccc(Cl)c(NCc2cccc(Br)c2)c1. The van der Waals surface area contributed by atoms with Crippen LogP contribution in [0.4, 0.5) is 18.9 Å². The van der Waals surface area contributed by atoms with E-state index in [1.54, 1.807) is 0 Å². The molecule has 1 nitrogen and oxygen atoms in total. The van der Waals surface area contributed by atoms with Crippen molar-refractivity contribution in [2.45, 2.75) is 12.7 Å². The zero-order valence-electron chi connectivity index (χ0n) is 10.1. The van der Waals surface area contributed by atoms with Gasteiger partial charge in [0.2, 0.25) is 0 Å². The largest absolute Gasteiger partial charge is 0.416 e. The lowest BCUT2D eigenvalue weighted by atomic mass is 10.1. The van der Waals surface area contributed by atoms with Crippen molar-refractivity contribution in [1.29, 1.82) is 0 Å². The Morgan fingerprint density at radius 1 is 1.10 bits per heavy atom. The second kappa shape index (κ2) is 6.06. The monoisotopic (exact) mass is 363 g/mol. The molecule has 2 rings (SSSR count). The molecule has 1 N–H and O–H groups in total. The van der Waals surface area contributed by atoms with Crippen LogP contribution in [0.5, 0.6) is 0 Å². The van der Waals surface area contributed by atoms with E-state index in [2.05, 4.69) is 21.2 Å². The Kier molecular flexibility index (Phi) is 4.60. The highest BCUT2D eigenvalue weighted by molar-refractivity contribution is 9.10. The highest BCUT2D eigenvalue weighted by Crippen LogP contribution is 2.34. The number of anilines is 1.